The Morgan fingerprint density at radius 2 is 2.12 bits per heavy atom. The molecule has 0 bridgehead atoms. The topological polar surface area (TPSA) is 115 Å². The fraction of sp³-hybridized carbons (Fsp3) is 0.318. The number of fused-ring (bicyclic) bond motifs is 2. The molecule has 2 aromatic heterocycles. The number of nitrogens with two attached hydrogens (primary N) is 1. The molecule has 0 radical (unpaired) electrons. The number of benzene rings is 1. The van der Waals surface area contributed by atoms with E-state index in [0.717, 1.165) is 11.3 Å². The Morgan fingerprint density at radius 1 is 1.31 bits per heavy atom. The molecule has 1 saturated heterocycles. The second-order valence-electron chi connectivity index (χ2n) is 8.07. The third-order valence-electron chi connectivity index (χ3n) is 5.77. The highest BCUT2D eigenvalue weighted by atomic mass is 19.1. The van der Waals surface area contributed by atoms with Crippen molar-refractivity contribution >= 4 is 34.1 Å². The van der Waals surface area contributed by atoms with Crippen LogP contribution in [0.1, 0.15) is 5.56 Å². The highest BCUT2D eigenvalue weighted by molar-refractivity contribution is 5.99. The predicted molar refractivity (Wildman–Crippen MR) is 119 cm³/mol. The number of nitrogens with zero attached hydrogens (tertiary/aromatic N) is 3. The number of amides is 1. The van der Waals surface area contributed by atoms with Crippen LogP contribution in [0.25, 0.3) is 21.9 Å². The van der Waals surface area contributed by atoms with E-state index < -0.39 is 11.9 Å². The molecule has 2 aliphatic rings. The van der Waals surface area contributed by atoms with Crippen LogP contribution in [-0.4, -0.2) is 60.4 Å². The summed E-state index contributed by atoms with van der Waals surface area (Å²) in [5.41, 5.74) is 8.57. The number of carbonyl (C=O) groups excluding carboxylic acids is 1. The number of carbonyl (C=O) groups is 1. The zero-order chi connectivity index (χ0) is 22.4. The standard InChI is InChI=1S/C22H23FN6O3/c1-11-15(7-27-21-20(11)25-3-4-31-21)14-5-12-6-17(26-8-16(12)19(24)18(14)23)28-22(30)32-13-9-29(2)10-13/h5-8,13,25H,3-4,9-10,24H2,1-2H3,(H,26,28,30). The average molecular weight is 438 g/mol. The molecule has 0 spiro atoms. The fourth-order valence-electron chi connectivity index (χ4n) is 4.06. The number of hydrogen-bond donors (Lipinski definition) is 3. The SMILES string of the molecule is Cc1c(-c2cc3cc(NC(=O)OC4CN(C)C4)ncc3c(N)c2F)cnc2c1NCCO2. The van der Waals surface area contributed by atoms with E-state index in [1.165, 1.54) is 6.20 Å². The van der Waals surface area contributed by atoms with Crippen LogP contribution in [0.15, 0.2) is 24.5 Å². The lowest BCUT2D eigenvalue weighted by Crippen LogP contribution is -2.50. The van der Waals surface area contributed by atoms with Crippen molar-refractivity contribution < 1.29 is 18.7 Å². The van der Waals surface area contributed by atoms with Crippen molar-refractivity contribution in [2.75, 3.05) is 49.7 Å². The molecule has 4 N–H and O–H groups in total. The van der Waals surface area contributed by atoms with Crippen LogP contribution >= 0.6 is 0 Å². The summed E-state index contributed by atoms with van der Waals surface area (Å²) in [5, 5.41) is 6.97. The lowest BCUT2D eigenvalue weighted by molar-refractivity contribution is 0.00679. The molecule has 32 heavy (non-hydrogen) atoms. The average Bonchev–Trinajstić information content (AvgIpc) is 2.76. The van der Waals surface area contributed by atoms with Crippen molar-refractivity contribution in [3.63, 3.8) is 0 Å². The lowest BCUT2D eigenvalue weighted by atomic mass is 9.97. The van der Waals surface area contributed by atoms with E-state index in [4.69, 9.17) is 15.2 Å². The van der Waals surface area contributed by atoms with Gasteiger partial charge in [0.25, 0.3) is 0 Å². The quantitative estimate of drug-likeness (QED) is 0.535. The first-order valence-electron chi connectivity index (χ1n) is 10.3. The zero-order valence-corrected chi connectivity index (χ0v) is 17.7. The smallest absolute Gasteiger partial charge is 0.413 e. The Labute approximate surface area is 183 Å². The molecule has 0 saturated carbocycles. The summed E-state index contributed by atoms with van der Waals surface area (Å²) in [4.78, 5) is 22.7. The minimum absolute atomic E-state index is 0.0158. The Bertz CT molecular complexity index is 1230. The number of likely N-dealkylation sites (N-methyl/N-ethyl adjacent to an activating group) is 1. The molecule has 5 rings (SSSR count). The number of nitrogens with one attached hydrogen (secondary N) is 2. The number of ether oxygens (including phenoxy) is 2. The molecule has 9 nitrogen and oxygen atoms in total. The third-order valence-corrected chi connectivity index (χ3v) is 5.77. The molecular formula is C22H23FN6O3. The molecule has 1 fully saturated rings. The lowest BCUT2D eigenvalue weighted by Gasteiger charge is -2.35. The van der Waals surface area contributed by atoms with Crippen LogP contribution in [-0.2, 0) is 4.74 Å². The molecule has 1 aromatic carbocycles. The number of hydrogen-bond acceptors (Lipinski definition) is 8. The van der Waals surface area contributed by atoms with Gasteiger partial charge in [-0.05, 0) is 37.1 Å². The number of rotatable bonds is 3. The van der Waals surface area contributed by atoms with Crippen LogP contribution in [0, 0.1) is 12.7 Å². The molecule has 10 heteroatoms. The van der Waals surface area contributed by atoms with Gasteiger partial charge in [0.15, 0.2) is 5.82 Å². The van der Waals surface area contributed by atoms with Crippen LogP contribution in [0.3, 0.4) is 0 Å². The second-order valence-corrected chi connectivity index (χ2v) is 8.07. The summed E-state index contributed by atoms with van der Waals surface area (Å²) < 4.78 is 26.1. The van der Waals surface area contributed by atoms with E-state index in [2.05, 4.69) is 20.6 Å². The van der Waals surface area contributed by atoms with E-state index in [1.54, 1.807) is 18.3 Å². The summed E-state index contributed by atoms with van der Waals surface area (Å²) in [6.45, 7) is 4.45. The van der Waals surface area contributed by atoms with E-state index in [-0.39, 0.29) is 11.8 Å². The maximum Gasteiger partial charge on any atom is 0.413 e. The number of pyridine rings is 2. The number of aromatic nitrogens is 2. The summed E-state index contributed by atoms with van der Waals surface area (Å²) >= 11 is 0. The van der Waals surface area contributed by atoms with Crippen LogP contribution < -0.4 is 21.1 Å². The fourth-order valence-corrected chi connectivity index (χ4v) is 4.06. The molecule has 166 valence electrons. The van der Waals surface area contributed by atoms with Gasteiger partial charge in [-0.15, -0.1) is 0 Å². The summed E-state index contributed by atoms with van der Waals surface area (Å²) in [7, 11) is 1.95. The molecule has 0 unspecified atom stereocenters. The van der Waals surface area contributed by atoms with Gasteiger partial charge in [0.05, 0.1) is 5.69 Å². The maximum absolute atomic E-state index is 15.2. The van der Waals surface area contributed by atoms with Crippen LogP contribution in [0.4, 0.5) is 26.4 Å². The second kappa shape index (κ2) is 7.79. The first kappa shape index (κ1) is 20.3. The van der Waals surface area contributed by atoms with Gasteiger partial charge >= 0.3 is 6.09 Å². The number of likely N-dealkylation sites (tertiary alicyclic amines) is 1. The molecule has 0 aliphatic carbocycles. The molecule has 3 aromatic rings. The van der Waals surface area contributed by atoms with Crippen molar-refractivity contribution in [1.29, 1.82) is 0 Å². The van der Waals surface area contributed by atoms with Crippen LogP contribution in [0.5, 0.6) is 5.88 Å². The van der Waals surface area contributed by atoms with E-state index in [1.807, 2.05) is 18.9 Å². The highest BCUT2D eigenvalue weighted by Gasteiger charge is 2.27. The summed E-state index contributed by atoms with van der Waals surface area (Å²) in [6, 6.07) is 3.32. The van der Waals surface area contributed by atoms with Gasteiger partial charge in [0.1, 0.15) is 24.2 Å². The van der Waals surface area contributed by atoms with E-state index >= 15 is 4.39 Å². The maximum atomic E-state index is 15.2. The first-order valence-corrected chi connectivity index (χ1v) is 10.3. The largest absolute Gasteiger partial charge is 0.474 e. The van der Waals surface area contributed by atoms with E-state index in [9.17, 15) is 4.79 Å². The Balaban J connectivity index is 1.49. The van der Waals surface area contributed by atoms with E-state index in [0.29, 0.717) is 59.8 Å². The zero-order valence-electron chi connectivity index (χ0n) is 17.7. The van der Waals surface area contributed by atoms with Gasteiger partial charge in [-0.2, -0.15) is 0 Å². The van der Waals surface area contributed by atoms with Crippen molar-refractivity contribution in [3.8, 4) is 17.0 Å². The molecule has 0 atom stereocenters. The normalized spacial score (nSPS) is 16.0. The van der Waals surface area contributed by atoms with Gasteiger partial charge in [-0.25, -0.2) is 19.2 Å². The summed E-state index contributed by atoms with van der Waals surface area (Å²) in [5.74, 6) is 0.246. The van der Waals surface area contributed by atoms with Gasteiger partial charge in [0, 0.05) is 48.5 Å². The first-order chi connectivity index (χ1) is 15.4. The predicted octanol–water partition coefficient (Wildman–Crippen LogP) is 2.99. The van der Waals surface area contributed by atoms with Crippen molar-refractivity contribution in [2.24, 2.45) is 0 Å². The minimum Gasteiger partial charge on any atom is -0.474 e. The van der Waals surface area contributed by atoms with Gasteiger partial charge in [-0.1, -0.05) is 0 Å². The van der Waals surface area contributed by atoms with Crippen molar-refractivity contribution in [2.45, 2.75) is 13.0 Å². The Hall–Kier alpha value is -3.66. The van der Waals surface area contributed by atoms with Crippen molar-refractivity contribution in [3.05, 3.63) is 35.9 Å². The number of anilines is 3. The van der Waals surface area contributed by atoms with Gasteiger partial charge < -0.3 is 20.5 Å². The monoisotopic (exact) mass is 438 g/mol. The number of halogens is 1. The molecular weight excluding hydrogens is 415 g/mol. The molecule has 2 aliphatic heterocycles. The van der Waals surface area contributed by atoms with Crippen molar-refractivity contribution in [1.82, 2.24) is 14.9 Å². The number of nitrogen functional groups attached to an aromatic ring is 1. The Kier molecular flexibility index (Phi) is 4.93. The third kappa shape index (κ3) is 3.52. The van der Waals surface area contributed by atoms with Gasteiger partial charge in [-0.3, -0.25) is 10.2 Å². The molecule has 4 heterocycles. The molecule has 1 amide bonds. The minimum atomic E-state index is -0.578. The van der Waals surface area contributed by atoms with Crippen LogP contribution in [0.2, 0.25) is 0 Å². The highest BCUT2D eigenvalue weighted by Crippen LogP contribution is 2.39. The van der Waals surface area contributed by atoms with Gasteiger partial charge in [0.2, 0.25) is 5.88 Å². The summed E-state index contributed by atoms with van der Waals surface area (Å²) in [6.07, 6.45) is 2.32. The Morgan fingerprint density at radius 3 is 2.91 bits per heavy atom.